The first-order chi connectivity index (χ1) is 13.3. The molecule has 0 saturated carbocycles. The Labute approximate surface area is 163 Å². The van der Waals surface area contributed by atoms with E-state index in [1.165, 1.54) is 0 Å². The molecule has 2 aromatic rings. The first-order valence-electron chi connectivity index (χ1n) is 9.45. The third-order valence-electron chi connectivity index (χ3n) is 5.06. The number of Topliss-reactive ketones (excluding diaryl/α,β-unsaturated/α-hetero) is 1. The van der Waals surface area contributed by atoms with Crippen LogP contribution < -0.4 is 14.8 Å². The van der Waals surface area contributed by atoms with Crippen LogP contribution in [0.2, 0.25) is 0 Å². The zero-order chi connectivity index (χ0) is 20.1. The van der Waals surface area contributed by atoms with Crippen molar-refractivity contribution in [2.45, 2.75) is 52.7 Å². The Balaban J connectivity index is 1.84. The molecule has 1 aliphatic heterocycles. The van der Waals surface area contributed by atoms with Gasteiger partial charge in [-0.15, -0.1) is 0 Å². The summed E-state index contributed by atoms with van der Waals surface area (Å²) in [6.07, 6.45) is 1.29. The molecule has 0 saturated heterocycles. The van der Waals surface area contributed by atoms with Crippen molar-refractivity contribution in [3.05, 3.63) is 35.0 Å². The Hall–Kier alpha value is -2.90. The molecule has 1 aromatic heterocycles. The molecule has 0 radical (unpaired) electrons. The molecule has 8 nitrogen and oxygen atoms in total. The maximum absolute atomic E-state index is 13.1. The molecule has 0 bridgehead atoms. The van der Waals surface area contributed by atoms with E-state index in [0.29, 0.717) is 23.9 Å². The number of ketones is 1. The number of hydrogen-bond acceptors (Lipinski definition) is 7. The highest BCUT2D eigenvalue weighted by Crippen LogP contribution is 2.46. The first kappa shape index (κ1) is 18.5. The van der Waals surface area contributed by atoms with Crippen molar-refractivity contribution in [2.24, 2.45) is 5.41 Å². The van der Waals surface area contributed by atoms with Crippen LogP contribution >= 0.6 is 0 Å². The van der Waals surface area contributed by atoms with E-state index in [9.17, 15) is 4.79 Å². The topological polar surface area (TPSA) is 91.2 Å². The van der Waals surface area contributed by atoms with E-state index in [-0.39, 0.29) is 17.3 Å². The predicted octanol–water partition coefficient (Wildman–Crippen LogP) is 3.13. The number of nitrogens with zero attached hydrogens (tertiary/aromatic N) is 4. The van der Waals surface area contributed by atoms with Crippen LogP contribution in [0.25, 0.3) is 0 Å². The SMILES string of the molecule is COc1cc(C2C3=C(CC(C)(C)CC3=O)Nc3nnnn32)ccc1OC(C)C. The molecule has 1 unspecified atom stereocenters. The summed E-state index contributed by atoms with van der Waals surface area (Å²) in [4.78, 5) is 13.1. The molecule has 1 N–H and O–H groups in total. The second-order valence-electron chi connectivity index (χ2n) is 8.38. The van der Waals surface area contributed by atoms with Crippen LogP contribution in [0.15, 0.2) is 29.5 Å². The van der Waals surface area contributed by atoms with Gasteiger partial charge in [0.05, 0.1) is 13.2 Å². The average molecular weight is 383 g/mol. The summed E-state index contributed by atoms with van der Waals surface area (Å²) in [5, 5.41) is 15.3. The number of ether oxygens (including phenoxy) is 2. The summed E-state index contributed by atoms with van der Waals surface area (Å²) in [5.41, 5.74) is 2.40. The van der Waals surface area contributed by atoms with Crippen LogP contribution in [0.1, 0.15) is 52.1 Å². The maximum Gasteiger partial charge on any atom is 0.248 e. The normalized spacial score (nSPS) is 20.5. The minimum atomic E-state index is -0.396. The Morgan fingerprint density at radius 2 is 2.04 bits per heavy atom. The lowest BCUT2D eigenvalue weighted by Crippen LogP contribution is -2.36. The van der Waals surface area contributed by atoms with Crippen LogP contribution in [-0.4, -0.2) is 39.2 Å². The molecule has 0 fully saturated rings. The van der Waals surface area contributed by atoms with E-state index in [2.05, 4.69) is 34.7 Å². The largest absolute Gasteiger partial charge is 0.493 e. The fourth-order valence-electron chi connectivity index (χ4n) is 3.98. The quantitative estimate of drug-likeness (QED) is 0.867. The molecule has 2 aliphatic rings. The van der Waals surface area contributed by atoms with Crippen LogP contribution in [0.5, 0.6) is 11.5 Å². The van der Waals surface area contributed by atoms with Gasteiger partial charge in [-0.3, -0.25) is 4.79 Å². The van der Waals surface area contributed by atoms with Crippen molar-refractivity contribution in [1.29, 1.82) is 0 Å². The number of nitrogens with one attached hydrogen (secondary N) is 1. The molecule has 2 heterocycles. The summed E-state index contributed by atoms with van der Waals surface area (Å²) >= 11 is 0. The molecule has 0 amide bonds. The molecule has 28 heavy (non-hydrogen) atoms. The van der Waals surface area contributed by atoms with E-state index >= 15 is 0 Å². The summed E-state index contributed by atoms with van der Waals surface area (Å²) in [7, 11) is 1.61. The minimum Gasteiger partial charge on any atom is -0.493 e. The van der Waals surface area contributed by atoms with Gasteiger partial charge in [0, 0.05) is 17.7 Å². The fraction of sp³-hybridized carbons (Fsp3) is 0.500. The van der Waals surface area contributed by atoms with Crippen LogP contribution in [0, 0.1) is 5.41 Å². The Bertz CT molecular complexity index is 961. The van der Waals surface area contributed by atoms with Crippen LogP contribution in [0.3, 0.4) is 0 Å². The lowest BCUT2D eigenvalue weighted by Gasteiger charge is -2.37. The van der Waals surface area contributed by atoms with Crippen molar-refractivity contribution in [3.8, 4) is 11.5 Å². The number of allylic oxidation sites excluding steroid dienone is 2. The number of carbonyl (C=O) groups excluding carboxylic acids is 1. The molecule has 1 aliphatic carbocycles. The number of benzene rings is 1. The van der Waals surface area contributed by atoms with Gasteiger partial charge in [0.25, 0.3) is 0 Å². The number of methoxy groups -OCH3 is 1. The molecule has 1 aromatic carbocycles. The average Bonchev–Trinajstić information content (AvgIpc) is 3.07. The third-order valence-corrected chi connectivity index (χ3v) is 5.06. The number of carbonyl (C=O) groups is 1. The zero-order valence-electron chi connectivity index (χ0n) is 16.8. The van der Waals surface area contributed by atoms with Crippen LogP contribution in [0.4, 0.5) is 5.95 Å². The van der Waals surface area contributed by atoms with Gasteiger partial charge in [0.1, 0.15) is 6.04 Å². The van der Waals surface area contributed by atoms with E-state index in [4.69, 9.17) is 9.47 Å². The molecule has 8 heteroatoms. The second kappa shape index (κ2) is 6.61. The third kappa shape index (κ3) is 3.12. The Morgan fingerprint density at radius 3 is 2.75 bits per heavy atom. The number of aromatic nitrogens is 4. The number of anilines is 1. The van der Waals surface area contributed by atoms with Gasteiger partial charge in [-0.25, -0.2) is 0 Å². The van der Waals surface area contributed by atoms with Gasteiger partial charge < -0.3 is 14.8 Å². The maximum atomic E-state index is 13.1. The Morgan fingerprint density at radius 1 is 1.25 bits per heavy atom. The highest BCUT2D eigenvalue weighted by Gasteiger charge is 2.42. The molecule has 4 rings (SSSR count). The van der Waals surface area contributed by atoms with Crippen molar-refractivity contribution < 1.29 is 14.3 Å². The highest BCUT2D eigenvalue weighted by molar-refractivity contribution is 6.00. The van der Waals surface area contributed by atoms with E-state index in [0.717, 1.165) is 23.3 Å². The van der Waals surface area contributed by atoms with Gasteiger partial charge in [0.2, 0.25) is 5.95 Å². The molecule has 148 valence electrons. The zero-order valence-corrected chi connectivity index (χ0v) is 16.8. The van der Waals surface area contributed by atoms with Gasteiger partial charge >= 0.3 is 0 Å². The summed E-state index contributed by atoms with van der Waals surface area (Å²) in [6.45, 7) is 8.13. The molecule has 1 atom stereocenters. The second-order valence-corrected chi connectivity index (χ2v) is 8.38. The summed E-state index contributed by atoms with van der Waals surface area (Å²) in [5.74, 6) is 1.93. The van der Waals surface area contributed by atoms with Crippen molar-refractivity contribution in [3.63, 3.8) is 0 Å². The summed E-state index contributed by atoms with van der Waals surface area (Å²) < 4.78 is 13.0. The van der Waals surface area contributed by atoms with Gasteiger partial charge in [-0.05, 0) is 53.8 Å². The number of hydrogen-bond donors (Lipinski definition) is 1. The van der Waals surface area contributed by atoms with E-state index in [1.54, 1.807) is 11.8 Å². The van der Waals surface area contributed by atoms with Crippen molar-refractivity contribution in [1.82, 2.24) is 20.2 Å². The summed E-state index contributed by atoms with van der Waals surface area (Å²) in [6, 6.07) is 5.32. The monoisotopic (exact) mass is 383 g/mol. The highest BCUT2D eigenvalue weighted by atomic mass is 16.5. The minimum absolute atomic E-state index is 0.0289. The van der Waals surface area contributed by atoms with E-state index in [1.807, 2.05) is 32.0 Å². The number of rotatable bonds is 4. The Kier molecular flexibility index (Phi) is 4.36. The van der Waals surface area contributed by atoms with Crippen LogP contribution in [-0.2, 0) is 4.79 Å². The standard InChI is InChI=1S/C20H25N5O3/c1-11(2)28-15-7-6-12(8-16(15)27-5)18-17-13(9-20(3,4)10-14(17)26)21-19-22-23-24-25(18)19/h6-8,11,18H,9-10H2,1-5H3,(H,21,22,24). The lowest BCUT2D eigenvalue weighted by atomic mass is 9.73. The first-order valence-corrected chi connectivity index (χ1v) is 9.45. The van der Waals surface area contributed by atoms with Gasteiger partial charge in [-0.2, -0.15) is 4.68 Å². The smallest absolute Gasteiger partial charge is 0.248 e. The van der Waals surface area contributed by atoms with Crippen molar-refractivity contribution >= 4 is 11.7 Å². The predicted molar refractivity (Wildman–Crippen MR) is 103 cm³/mol. The lowest BCUT2D eigenvalue weighted by molar-refractivity contribution is -0.118. The van der Waals surface area contributed by atoms with E-state index < -0.39 is 6.04 Å². The van der Waals surface area contributed by atoms with Gasteiger partial charge in [-0.1, -0.05) is 25.0 Å². The molecular weight excluding hydrogens is 358 g/mol. The number of tetrazole rings is 1. The molecular formula is C20H25N5O3. The van der Waals surface area contributed by atoms with Crippen molar-refractivity contribution in [2.75, 3.05) is 12.4 Å². The number of fused-ring (bicyclic) bond motifs is 1. The van der Waals surface area contributed by atoms with Gasteiger partial charge in [0.15, 0.2) is 17.3 Å². The fourth-order valence-corrected chi connectivity index (χ4v) is 3.98. The molecule has 0 spiro atoms.